The standard InChI is InChI=1S/C19H19FN4O3S/c1-2-3-16-12-18(23-22-16)19(25)21-14-6-8-15(9-7-14)24-28(26,27)17-10-4-13(20)5-11-17/h4-12,24H,2-3H2,1H3,(H,21,25)(H,22,23). The van der Waals surface area contributed by atoms with Crippen LogP contribution < -0.4 is 10.0 Å². The summed E-state index contributed by atoms with van der Waals surface area (Å²) >= 11 is 0. The zero-order chi connectivity index (χ0) is 20.1. The van der Waals surface area contributed by atoms with Crippen molar-refractivity contribution < 1.29 is 17.6 Å². The quantitative estimate of drug-likeness (QED) is 0.562. The Kier molecular flexibility index (Phi) is 5.74. The Bertz CT molecular complexity index is 1060. The average Bonchev–Trinajstić information content (AvgIpc) is 3.13. The Labute approximate surface area is 162 Å². The van der Waals surface area contributed by atoms with E-state index in [0.29, 0.717) is 11.4 Å². The summed E-state index contributed by atoms with van der Waals surface area (Å²) in [5.41, 5.74) is 1.98. The van der Waals surface area contributed by atoms with Gasteiger partial charge >= 0.3 is 0 Å². The third-order valence-electron chi connectivity index (χ3n) is 3.90. The molecular weight excluding hydrogens is 383 g/mol. The Morgan fingerprint density at radius 2 is 1.71 bits per heavy atom. The molecule has 9 heteroatoms. The third-order valence-corrected chi connectivity index (χ3v) is 5.30. The molecule has 28 heavy (non-hydrogen) atoms. The first-order chi connectivity index (χ1) is 13.4. The van der Waals surface area contributed by atoms with Crippen LogP contribution in [0.5, 0.6) is 0 Å². The molecule has 3 rings (SSSR count). The monoisotopic (exact) mass is 402 g/mol. The zero-order valence-electron chi connectivity index (χ0n) is 15.1. The van der Waals surface area contributed by atoms with Crippen molar-refractivity contribution >= 4 is 27.3 Å². The number of aromatic amines is 1. The number of halogens is 1. The van der Waals surface area contributed by atoms with Crippen molar-refractivity contribution in [2.45, 2.75) is 24.7 Å². The summed E-state index contributed by atoms with van der Waals surface area (Å²) in [4.78, 5) is 12.2. The molecule has 0 aliphatic rings. The maximum atomic E-state index is 13.0. The molecule has 0 saturated heterocycles. The van der Waals surface area contributed by atoms with Gasteiger partial charge in [0.05, 0.1) is 4.90 Å². The second kappa shape index (κ2) is 8.22. The molecule has 1 amide bonds. The van der Waals surface area contributed by atoms with Crippen molar-refractivity contribution in [2.24, 2.45) is 0 Å². The number of carbonyl (C=O) groups excluding carboxylic acids is 1. The van der Waals surface area contributed by atoms with E-state index < -0.39 is 15.8 Å². The lowest BCUT2D eigenvalue weighted by molar-refractivity contribution is 0.102. The van der Waals surface area contributed by atoms with Crippen LogP contribution in [0.2, 0.25) is 0 Å². The van der Waals surface area contributed by atoms with Crippen molar-refractivity contribution in [3.8, 4) is 0 Å². The van der Waals surface area contributed by atoms with Gasteiger partial charge in [0.1, 0.15) is 5.82 Å². The molecular formula is C19H19FN4O3S. The molecule has 1 heterocycles. The number of aromatic nitrogens is 2. The lowest BCUT2D eigenvalue weighted by Crippen LogP contribution is -2.14. The van der Waals surface area contributed by atoms with E-state index in [1.807, 2.05) is 6.92 Å². The Hall–Kier alpha value is -3.20. The normalized spacial score (nSPS) is 11.2. The van der Waals surface area contributed by atoms with Gasteiger partial charge in [0.15, 0.2) is 5.69 Å². The smallest absolute Gasteiger partial charge is 0.276 e. The number of hydrogen-bond acceptors (Lipinski definition) is 4. The van der Waals surface area contributed by atoms with Crippen molar-refractivity contribution in [1.82, 2.24) is 10.2 Å². The second-order valence-electron chi connectivity index (χ2n) is 6.12. The van der Waals surface area contributed by atoms with Gasteiger partial charge in [0.25, 0.3) is 15.9 Å². The van der Waals surface area contributed by atoms with Gasteiger partial charge in [-0.25, -0.2) is 12.8 Å². The molecule has 0 aliphatic carbocycles. The van der Waals surface area contributed by atoms with E-state index in [2.05, 4.69) is 20.2 Å². The Morgan fingerprint density at radius 3 is 2.36 bits per heavy atom. The van der Waals surface area contributed by atoms with Crippen LogP contribution in [-0.2, 0) is 16.4 Å². The number of amides is 1. The first kappa shape index (κ1) is 19.6. The van der Waals surface area contributed by atoms with Crippen LogP contribution in [0.15, 0.2) is 59.5 Å². The van der Waals surface area contributed by atoms with Crippen molar-refractivity contribution in [2.75, 3.05) is 10.0 Å². The zero-order valence-corrected chi connectivity index (χ0v) is 15.9. The Morgan fingerprint density at radius 1 is 1.07 bits per heavy atom. The van der Waals surface area contributed by atoms with E-state index >= 15 is 0 Å². The molecule has 0 saturated carbocycles. The fourth-order valence-electron chi connectivity index (χ4n) is 2.52. The number of sulfonamides is 1. The molecule has 0 unspecified atom stereocenters. The second-order valence-corrected chi connectivity index (χ2v) is 7.80. The molecule has 0 spiro atoms. The summed E-state index contributed by atoms with van der Waals surface area (Å²) in [6.45, 7) is 2.03. The topological polar surface area (TPSA) is 104 Å². The number of rotatable bonds is 7. The summed E-state index contributed by atoms with van der Waals surface area (Å²) in [6.07, 6.45) is 1.75. The first-order valence-corrected chi connectivity index (χ1v) is 10.1. The van der Waals surface area contributed by atoms with Gasteiger partial charge in [-0.3, -0.25) is 14.6 Å². The molecule has 2 aromatic carbocycles. The van der Waals surface area contributed by atoms with Gasteiger partial charge in [-0.05, 0) is 61.0 Å². The molecule has 3 N–H and O–H groups in total. The summed E-state index contributed by atoms with van der Waals surface area (Å²) in [6, 6.07) is 12.4. The molecule has 0 atom stereocenters. The van der Waals surface area contributed by atoms with E-state index in [1.54, 1.807) is 18.2 Å². The molecule has 0 bridgehead atoms. The minimum atomic E-state index is -3.83. The van der Waals surface area contributed by atoms with Crippen LogP contribution in [-0.4, -0.2) is 24.5 Å². The fourth-order valence-corrected chi connectivity index (χ4v) is 3.58. The number of nitrogens with zero attached hydrogens (tertiary/aromatic N) is 1. The first-order valence-electron chi connectivity index (χ1n) is 8.61. The molecule has 0 aliphatic heterocycles. The van der Waals surface area contributed by atoms with Crippen LogP contribution in [0.4, 0.5) is 15.8 Å². The van der Waals surface area contributed by atoms with Gasteiger partial charge in [-0.15, -0.1) is 0 Å². The lowest BCUT2D eigenvalue weighted by Gasteiger charge is -2.09. The minimum Gasteiger partial charge on any atom is -0.321 e. The largest absolute Gasteiger partial charge is 0.321 e. The van der Waals surface area contributed by atoms with E-state index in [4.69, 9.17) is 0 Å². The Balaban J connectivity index is 1.65. The number of H-pyrrole nitrogens is 1. The molecule has 146 valence electrons. The van der Waals surface area contributed by atoms with Gasteiger partial charge in [0, 0.05) is 17.1 Å². The van der Waals surface area contributed by atoms with Crippen LogP contribution >= 0.6 is 0 Å². The van der Waals surface area contributed by atoms with E-state index in [-0.39, 0.29) is 16.5 Å². The highest BCUT2D eigenvalue weighted by atomic mass is 32.2. The molecule has 0 radical (unpaired) electrons. The third kappa shape index (κ3) is 4.74. The van der Waals surface area contributed by atoms with E-state index in [1.165, 1.54) is 24.3 Å². The van der Waals surface area contributed by atoms with Gasteiger partial charge in [-0.2, -0.15) is 5.10 Å². The van der Waals surface area contributed by atoms with E-state index in [0.717, 1.165) is 30.7 Å². The molecule has 7 nitrogen and oxygen atoms in total. The van der Waals surface area contributed by atoms with Crippen LogP contribution in [0.1, 0.15) is 29.5 Å². The fraction of sp³-hybridized carbons (Fsp3) is 0.158. The lowest BCUT2D eigenvalue weighted by atomic mass is 10.2. The van der Waals surface area contributed by atoms with E-state index in [9.17, 15) is 17.6 Å². The van der Waals surface area contributed by atoms with Crippen molar-refractivity contribution in [1.29, 1.82) is 0 Å². The minimum absolute atomic E-state index is 0.0484. The number of benzene rings is 2. The van der Waals surface area contributed by atoms with Crippen LogP contribution in [0.25, 0.3) is 0 Å². The van der Waals surface area contributed by atoms with Crippen LogP contribution in [0.3, 0.4) is 0 Å². The van der Waals surface area contributed by atoms with Crippen LogP contribution in [0, 0.1) is 5.82 Å². The average molecular weight is 402 g/mol. The SMILES string of the molecule is CCCc1cc(C(=O)Nc2ccc(NS(=O)(=O)c3ccc(F)cc3)cc2)n[nH]1. The summed E-state index contributed by atoms with van der Waals surface area (Å²) in [5, 5.41) is 9.50. The number of carbonyl (C=O) groups is 1. The maximum Gasteiger partial charge on any atom is 0.276 e. The maximum absolute atomic E-state index is 13.0. The van der Waals surface area contributed by atoms with Gasteiger partial charge in [0.2, 0.25) is 0 Å². The number of anilines is 2. The molecule has 0 fully saturated rings. The highest BCUT2D eigenvalue weighted by Gasteiger charge is 2.15. The van der Waals surface area contributed by atoms with Gasteiger partial charge in [-0.1, -0.05) is 13.3 Å². The summed E-state index contributed by atoms with van der Waals surface area (Å²) in [7, 11) is -3.83. The summed E-state index contributed by atoms with van der Waals surface area (Å²) < 4.78 is 40.0. The predicted octanol–water partition coefficient (Wildman–Crippen LogP) is 3.55. The highest BCUT2D eigenvalue weighted by molar-refractivity contribution is 7.92. The van der Waals surface area contributed by atoms with Gasteiger partial charge < -0.3 is 5.32 Å². The predicted molar refractivity (Wildman–Crippen MR) is 104 cm³/mol. The number of nitrogens with one attached hydrogen (secondary N) is 3. The number of hydrogen-bond donors (Lipinski definition) is 3. The van der Waals surface area contributed by atoms with Crippen molar-refractivity contribution in [3.63, 3.8) is 0 Å². The molecule has 3 aromatic rings. The number of aryl methyl sites for hydroxylation is 1. The van der Waals surface area contributed by atoms with Crippen molar-refractivity contribution in [3.05, 3.63) is 71.8 Å². The highest BCUT2D eigenvalue weighted by Crippen LogP contribution is 2.19. The summed E-state index contributed by atoms with van der Waals surface area (Å²) in [5.74, 6) is -0.879. The molecule has 1 aromatic heterocycles.